The second kappa shape index (κ2) is 7.66. The summed E-state index contributed by atoms with van der Waals surface area (Å²) in [5.74, 6) is 0.586. The molecule has 1 aromatic heterocycles. The molecule has 0 atom stereocenters. The van der Waals surface area contributed by atoms with Gasteiger partial charge in [0.1, 0.15) is 0 Å². The number of hydrogen-bond acceptors (Lipinski definition) is 5. The minimum absolute atomic E-state index is 0.161. The largest absolute Gasteiger partial charge is 0.493 e. The highest BCUT2D eigenvalue weighted by atomic mass is 32.1. The van der Waals surface area contributed by atoms with Crippen LogP contribution >= 0.6 is 11.3 Å². The van der Waals surface area contributed by atoms with Crippen LogP contribution in [0.3, 0.4) is 0 Å². The third kappa shape index (κ3) is 4.77. The quantitative estimate of drug-likeness (QED) is 0.781. The van der Waals surface area contributed by atoms with Crippen molar-refractivity contribution in [2.45, 2.75) is 13.1 Å². The van der Waals surface area contributed by atoms with Crippen LogP contribution in [0.5, 0.6) is 11.5 Å². The number of ether oxygens (including phenoxy) is 2. The molecule has 0 saturated carbocycles. The van der Waals surface area contributed by atoms with E-state index in [-0.39, 0.29) is 6.61 Å². The van der Waals surface area contributed by atoms with Gasteiger partial charge in [-0.2, -0.15) is 11.3 Å². The Hall–Kier alpha value is -2.05. The van der Waals surface area contributed by atoms with Gasteiger partial charge in [-0.3, -0.25) is 4.79 Å². The van der Waals surface area contributed by atoms with E-state index in [1.807, 2.05) is 12.1 Å². The average Bonchev–Trinajstić information content (AvgIpc) is 2.98. The summed E-state index contributed by atoms with van der Waals surface area (Å²) in [5.41, 5.74) is 7.41. The van der Waals surface area contributed by atoms with E-state index in [2.05, 4.69) is 22.1 Å². The number of primary amides is 1. The molecule has 3 N–H and O–H groups in total. The number of thiophene rings is 1. The summed E-state index contributed by atoms with van der Waals surface area (Å²) in [6.45, 7) is 1.39. The van der Waals surface area contributed by atoms with Crippen LogP contribution in [-0.2, 0) is 17.9 Å². The van der Waals surface area contributed by atoms with Gasteiger partial charge in [0.25, 0.3) is 5.91 Å². The fourth-order valence-corrected chi connectivity index (χ4v) is 2.50. The van der Waals surface area contributed by atoms with Crippen LogP contribution in [0.4, 0.5) is 0 Å². The summed E-state index contributed by atoms with van der Waals surface area (Å²) in [4.78, 5) is 10.7. The molecule has 0 saturated heterocycles. The predicted molar refractivity (Wildman–Crippen MR) is 82.5 cm³/mol. The standard InChI is InChI=1S/C15H18N2O3S/c1-19-14-6-11(2-3-13(14)20-9-15(16)18)7-17-8-12-4-5-21-10-12/h2-6,10,17H,7-9H2,1H3,(H2,16,18). The molecule has 0 unspecified atom stereocenters. The monoisotopic (exact) mass is 306 g/mol. The molecule has 2 aromatic rings. The maximum absolute atomic E-state index is 10.7. The highest BCUT2D eigenvalue weighted by Crippen LogP contribution is 2.28. The number of nitrogens with two attached hydrogens (primary N) is 1. The van der Waals surface area contributed by atoms with Crippen molar-refractivity contribution in [3.8, 4) is 11.5 Å². The third-order valence-electron chi connectivity index (χ3n) is 2.84. The summed E-state index contributed by atoms with van der Waals surface area (Å²) in [6, 6.07) is 7.69. The van der Waals surface area contributed by atoms with Crippen molar-refractivity contribution in [2.24, 2.45) is 5.73 Å². The van der Waals surface area contributed by atoms with E-state index < -0.39 is 5.91 Å². The maximum atomic E-state index is 10.7. The minimum Gasteiger partial charge on any atom is -0.493 e. The first kappa shape index (κ1) is 15.3. The van der Waals surface area contributed by atoms with Crippen molar-refractivity contribution < 1.29 is 14.3 Å². The number of carbonyl (C=O) groups excluding carboxylic acids is 1. The Labute approximate surface area is 127 Å². The van der Waals surface area contributed by atoms with Crippen LogP contribution in [0.2, 0.25) is 0 Å². The number of nitrogens with one attached hydrogen (secondary N) is 1. The normalized spacial score (nSPS) is 10.3. The molecule has 2 rings (SSSR count). The summed E-state index contributed by atoms with van der Waals surface area (Å²) < 4.78 is 10.6. The molecule has 1 heterocycles. The van der Waals surface area contributed by atoms with Crippen LogP contribution in [0, 0.1) is 0 Å². The van der Waals surface area contributed by atoms with Crippen LogP contribution in [0.25, 0.3) is 0 Å². The van der Waals surface area contributed by atoms with Gasteiger partial charge in [-0.25, -0.2) is 0 Å². The van der Waals surface area contributed by atoms with E-state index in [0.717, 1.165) is 18.7 Å². The summed E-state index contributed by atoms with van der Waals surface area (Å²) in [5, 5.41) is 7.54. The molecule has 0 fully saturated rings. The number of benzene rings is 1. The van der Waals surface area contributed by atoms with Gasteiger partial charge in [0, 0.05) is 13.1 Å². The number of rotatable bonds is 8. The smallest absolute Gasteiger partial charge is 0.255 e. The maximum Gasteiger partial charge on any atom is 0.255 e. The first-order valence-electron chi connectivity index (χ1n) is 6.49. The summed E-state index contributed by atoms with van der Waals surface area (Å²) >= 11 is 1.69. The molecule has 21 heavy (non-hydrogen) atoms. The average molecular weight is 306 g/mol. The zero-order valence-corrected chi connectivity index (χ0v) is 12.6. The Kier molecular flexibility index (Phi) is 5.59. The van der Waals surface area contributed by atoms with Crippen molar-refractivity contribution >= 4 is 17.2 Å². The minimum atomic E-state index is -0.515. The highest BCUT2D eigenvalue weighted by molar-refractivity contribution is 7.07. The molecule has 1 amide bonds. The zero-order valence-electron chi connectivity index (χ0n) is 11.8. The Morgan fingerprint density at radius 1 is 1.24 bits per heavy atom. The van der Waals surface area contributed by atoms with Crippen molar-refractivity contribution in [3.63, 3.8) is 0 Å². The van der Waals surface area contributed by atoms with E-state index in [1.54, 1.807) is 24.5 Å². The Balaban J connectivity index is 1.92. The Morgan fingerprint density at radius 2 is 2.05 bits per heavy atom. The van der Waals surface area contributed by atoms with Gasteiger partial charge in [0.05, 0.1) is 7.11 Å². The molecular formula is C15H18N2O3S. The molecule has 0 aliphatic carbocycles. The predicted octanol–water partition coefficient (Wildman–Crippen LogP) is 1.91. The lowest BCUT2D eigenvalue weighted by atomic mass is 10.2. The molecule has 112 valence electrons. The molecular weight excluding hydrogens is 288 g/mol. The highest BCUT2D eigenvalue weighted by Gasteiger charge is 2.07. The second-order valence-electron chi connectivity index (χ2n) is 4.48. The molecule has 0 aliphatic rings. The Bertz CT molecular complexity index is 585. The van der Waals surface area contributed by atoms with E-state index in [9.17, 15) is 4.79 Å². The van der Waals surface area contributed by atoms with Crippen molar-refractivity contribution in [2.75, 3.05) is 13.7 Å². The van der Waals surface area contributed by atoms with Gasteiger partial charge in [-0.1, -0.05) is 6.07 Å². The number of hydrogen-bond donors (Lipinski definition) is 2. The van der Waals surface area contributed by atoms with Crippen LogP contribution < -0.4 is 20.5 Å². The van der Waals surface area contributed by atoms with Gasteiger partial charge in [-0.05, 0) is 40.1 Å². The van der Waals surface area contributed by atoms with E-state index >= 15 is 0 Å². The van der Waals surface area contributed by atoms with Gasteiger partial charge in [0.2, 0.25) is 0 Å². The van der Waals surface area contributed by atoms with Gasteiger partial charge in [-0.15, -0.1) is 0 Å². The molecule has 0 bridgehead atoms. The van der Waals surface area contributed by atoms with Crippen molar-refractivity contribution in [1.29, 1.82) is 0 Å². The second-order valence-corrected chi connectivity index (χ2v) is 5.26. The van der Waals surface area contributed by atoms with Crippen LogP contribution in [0.1, 0.15) is 11.1 Å². The van der Waals surface area contributed by atoms with E-state index in [1.165, 1.54) is 5.56 Å². The number of carbonyl (C=O) groups is 1. The molecule has 0 aliphatic heterocycles. The lowest BCUT2D eigenvalue weighted by Gasteiger charge is -2.11. The van der Waals surface area contributed by atoms with Crippen molar-refractivity contribution in [1.82, 2.24) is 5.32 Å². The first-order valence-corrected chi connectivity index (χ1v) is 7.43. The summed E-state index contributed by atoms with van der Waals surface area (Å²) in [6.07, 6.45) is 0. The zero-order chi connectivity index (χ0) is 15.1. The number of methoxy groups -OCH3 is 1. The van der Waals surface area contributed by atoms with Crippen molar-refractivity contribution in [3.05, 3.63) is 46.2 Å². The molecule has 5 nitrogen and oxygen atoms in total. The van der Waals surface area contributed by atoms with Gasteiger partial charge in [0.15, 0.2) is 18.1 Å². The first-order chi connectivity index (χ1) is 10.2. The third-order valence-corrected chi connectivity index (χ3v) is 3.57. The summed E-state index contributed by atoms with van der Waals surface area (Å²) in [7, 11) is 1.56. The fourth-order valence-electron chi connectivity index (χ4n) is 1.83. The van der Waals surface area contributed by atoms with Crippen LogP contribution in [0.15, 0.2) is 35.0 Å². The van der Waals surface area contributed by atoms with Crippen LogP contribution in [-0.4, -0.2) is 19.6 Å². The lowest BCUT2D eigenvalue weighted by Crippen LogP contribution is -2.20. The fraction of sp³-hybridized carbons (Fsp3) is 0.267. The molecule has 1 aromatic carbocycles. The Morgan fingerprint density at radius 3 is 2.71 bits per heavy atom. The van der Waals surface area contributed by atoms with E-state index in [4.69, 9.17) is 15.2 Å². The van der Waals surface area contributed by atoms with E-state index in [0.29, 0.717) is 11.5 Å². The lowest BCUT2D eigenvalue weighted by molar-refractivity contribution is -0.119. The molecule has 6 heteroatoms. The van der Waals surface area contributed by atoms with Gasteiger partial charge < -0.3 is 20.5 Å². The topological polar surface area (TPSA) is 73.6 Å². The molecule has 0 radical (unpaired) electrons. The molecule has 0 spiro atoms. The SMILES string of the molecule is COc1cc(CNCc2ccsc2)ccc1OCC(N)=O. The van der Waals surface area contributed by atoms with Gasteiger partial charge >= 0.3 is 0 Å². The number of amides is 1.